The van der Waals surface area contributed by atoms with E-state index in [1.54, 1.807) is 7.05 Å². The average Bonchev–Trinajstić information content (AvgIpc) is 3.09. The Morgan fingerprint density at radius 3 is 2.16 bits per heavy atom. The number of hydrogen-bond donors (Lipinski definition) is 4. The number of likely N-dealkylation sites (N-methyl/N-ethyl adjacent to an activating group) is 1. The minimum absolute atomic E-state index is 0.103. The van der Waals surface area contributed by atoms with Gasteiger partial charge >= 0.3 is 0 Å². The van der Waals surface area contributed by atoms with E-state index in [2.05, 4.69) is 81.4 Å². The van der Waals surface area contributed by atoms with E-state index in [1.807, 2.05) is 54.6 Å². The lowest BCUT2D eigenvalue weighted by molar-refractivity contribution is -0.109. The molecule has 0 aromatic heterocycles. The fraction of sp³-hybridized carbons (Fsp3) is 0.324. The number of nitrogens with zero attached hydrogens (tertiary/aromatic N) is 2. The fourth-order valence-electron chi connectivity index (χ4n) is 5.56. The van der Waals surface area contributed by atoms with Crippen molar-refractivity contribution in [3.05, 3.63) is 120 Å². The number of nitrogens with one attached hydrogen (secondary N) is 3. The molecular weight excluding hydrogens is 560 g/mol. The highest BCUT2D eigenvalue weighted by atomic mass is 16.1. The van der Waals surface area contributed by atoms with E-state index in [9.17, 15) is 9.59 Å². The summed E-state index contributed by atoms with van der Waals surface area (Å²) >= 11 is 0. The molecule has 0 bridgehead atoms. The van der Waals surface area contributed by atoms with E-state index < -0.39 is 0 Å². The number of benzene rings is 4. The van der Waals surface area contributed by atoms with Gasteiger partial charge in [0.25, 0.3) is 5.91 Å². The van der Waals surface area contributed by atoms with Gasteiger partial charge in [0, 0.05) is 44.2 Å². The first-order valence-electron chi connectivity index (χ1n) is 15.7. The highest BCUT2D eigenvalue weighted by Gasteiger charge is 2.20. The molecule has 2 atom stereocenters. The molecule has 8 heteroatoms. The summed E-state index contributed by atoms with van der Waals surface area (Å²) in [6.45, 7) is 2.66. The van der Waals surface area contributed by atoms with Gasteiger partial charge in [-0.1, -0.05) is 91.0 Å². The molecule has 4 rings (SSSR count). The van der Waals surface area contributed by atoms with Gasteiger partial charge < -0.3 is 31.4 Å². The Labute approximate surface area is 267 Å². The Balaban J connectivity index is 1.41. The van der Waals surface area contributed by atoms with Gasteiger partial charge in [0.05, 0.1) is 6.04 Å². The highest BCUT2D eigenvalue weighted by molar-refractivity contribution is 5.98. The summed E-state index contributed by atoms with van der Waals surface area (Å²) in [7, 11) is 3.76. The monoisotopic (exact) mass is 606 g/mol. The van der Waals surface area contributed by atoms with Crippen molar-refractivity contribution >= 4 is 28.9 Å². The zero-order valence-electron chi connectivity index (χ0n) is 26.4. The van der Waals surface area contributed by atoms with Gasteiger partial charge in [-0.05, 0) is 66.9 Å². The lowest BCUT2D eigenvalue weighted by atomic mass is 9.91. The number of fused-ring (bicyclic) bond motifs is 1. The molecule has 0 saturated carbocycles. The number of aldehydes is 1. The summed E-state index contributed by atoms with van der Waals surface area (Å²) in [5.74, 6) is 0.480. The number of rotatable bonds is 17. The van der Waals surface area contributed by atoms with E-state index >= 15 is 0 Å². The average molecular weight is 607 g/mol. The van der Waals surface area contributed by atoms with Crippen LogP contribution in [0.5, 0.6) is 0 Å². The van der Waals surface area contributed by atoms with Crippen LogP contribution in [0.4, 0.5) is 0 Å². The van der Waals surface area contributed by atoms with Gasteiger partial charge in [0.2, 0.25) is 0 Å². The second-order valence-electron chi connectivity index (χ2n) is 11.5. The molecule has 4 aromatic carbocycles. The summed E-state index contributed by atoms with van der Waals surface area (Å²) in [4.78, 5) is 31.5. The minimum Gasteiger partial charge on any atom is -0.370 e. The van der Waals surface area contributed by atoms with Crippen molar-refractivity contribution in [2.75, 3.05) is 40.3 Å². The van der Waals surface area contributed by atoms with E-state index in [-0.39, 0.29) is 23.9 Å². The molecule has 0 aliphatic carbocycles. The van der Waals surface area contributed by atoms with Crippen LogP contribution < -0.4 is 21.7 Å². The molecule has 0 saturated heterocycles. The first kappa shape index (κ1) is 33.4. The zero-order chi connectivity index (χ0) is 31.9. The van der Waals surface area contributed by atoms with Gasteiger partial charge in [-0.15, -0.1) is 0 Å². The van der Waals surface area contributed by atoms with Gasteiger partial charge in [-0.3, -0.25) is 9.79 Å². The molecule has 8 nitrogen and oxygen atoms in total. The number of carbonyl (C=O) groups excluding carboxylic acids is 2. The summed E-state index contributed by atoms with van der Waals surface area (Å²) in [6.07, 6.45) is 3.10. The van der Waals surface area contributed by atoms with Crippen molar-refractivity contribution in [3.63, 3.8) is 0 Å². The van der Waals surface area contributed by atoms with Crippen molar-refractivity contribution < 1.29 is 9.59 Å². The Morgan fingerprint density at radius 2 is 1.51 bits per heavy atom. The van der Waals surface area contributed by atoms with Crippen LogP contribution in [0.15, 0.2) is 108 Å². The SMILES string of the molecule is CN=C(N)NCCC[C@@H](C=O)N[C@@H](CCN(C)CC(c1ccccc1)c1ccccc1)CNC(=O)c1ccc2ccccc2c1. The lowest BCUT2D eigenvalue weighted by Crippen LogP contribution is -2.48. The Bertz CT molecular complexity index is 1470. The van der Waals surface area contributed by atoms with E-state index in [1.165, 1.54) is 11.1 Å². The van der Waals surface area contributed by atoms with Crippen molar-refractivity contribution in [2.24, 2.45) is 10.7 Å². The molecule has 0 aliphatic heterocycles. The molecule has 4 aromatic rings. The third-order valence-electron chi connectivity index (χ3n) is 8.13. The Hall–Kier alpha value is -4.53. The molecule has 0 radical (unpaired) electrons. The maximum atomic E-state index is 13.2. The summed E-state index contributed by atoms with van der Waals surface area (Å²) in [5.41, 5.74) is 8.90. The maximum absolute atomic E-state index is 13.2. The molecule has 236 valence electrons. The quantitative estimate of drug-likeness (QED) is 0.0607. The second-order valence-corrected chi connectivity index (χ2v) is 11.5. The molecule has 0 unspecified atom stereocenters. The topological polar surface area (TPSA) is 112 Å². The van der Waals surface area contributed by atoms with E-state index in [0.29, 0.717) is 31.0 Å². The molecule has 5 N–H and O–H groups in total. The third kappa shape index (κ3) is 10.6. The number of nitrogens with two attached hydrogens (primary N) is 1. The van der Waals surface area contributed by atoms with Crippen molar-refractivity contribution in [3.8, 4) is 0 Å². The number of guanidine groups is 1. The van der Waals surface area contributed by atoms with Crippen molar-refractivity contribution in [2.45, 2.75) is 37.3 Å². The van der Waals surface area contributed by atoms with Crippen LogP contribution in [0.2, 0.25) is 0 Å². The second kappa shape index (κ2) is 17.7. The molecule has 0 spiro atoms. The first-order chi connectivity index (χ1) is 22.0. The van der Waals surface area contributed by atoms with Crippen LogP contribution in [0.25, 0.3) is 10.8 Å². The number of hydrogen-bond acceptors (Lipinski definition) is 5. The summed E-state index contributed by atoms with van der Waals surface area (Å²) in [6, 6.07) is 34.5. The van der Waals surface area contributed by atoms with Crippen LogP contribution in [-0.4, -0.2) is 75.4 Å². The van der Waals surface area contributed by atoms with Gasteiger partial charge in [0.1, 0.15) is 6.29 Å². The van der Waals surface area contributed by atoms with Crippen molar-refractivity contribution in [1.29, 1.82) is 0 Å². The van der Waals surface area contributed by atoms with Gasteiger partial charge in [-0.25, -0.2) is 0 Å². The van der Waals surface area contributed by atoms with Crippen LogP contribution in [0.1, 0.15) is 46.7 Å². The predicted molar refractivity (Wildman–Crippen MR) is 185 cm³/mol. The smallest absolute Gasteiger partial charge is 0.251 e. The number of carbonyl (C=O) groups is 2. The third-order valence-corrected chi connectivity index (χ3v) is 8.13. The van der Waals surface area contributed by atoms with Crippen LogP contribution in [-0.2, 0) is 4.79 Å². The fourth-order valence-corrected chi connectivity index (χ4v) is 5.56. The Kier molecular flexibility index (Phi) is 13.1. The molecule has 0 heterocycles. The normalized spacial score (nSPS) is 13.1. The van der Waals surface area contributed by atoms with E-state index in [0.717, 1.165) is 43.0 Å². The molecule has 45 heavy (non-hydrogen) atoms. The molecule has 0 fully saturated rings. The van der Waals surface area contributed by atoms with Crippen LogP contribution in [0.3, 0.4) is 0 Å². The number of amides is 1. The standard InChI is InChI=1S/C37H46N6O2/c1-39-37(38)40-22-11-18-34(27-44)42-33(25-41-36(45)32-20-19-28-12-9-10-17-31(28)24-32)21-23-43(2)26-35(29-13-5-3-6-14-29)30-15-7-4-8-16-30/h3-10,12-17,19-20,24,27,33-35,42H,11,18,21-23,25-26H2,1-2H3,(H,41,45)(H3,38,39,40)/t33-,34-/m0/s1. The maximum Gasteiger partial charge on any atom is 0.251 e. The van der Waals surface area contributed by atoms with Crippen LogP contribution >= 0.6 is 0 Å². The van der Waals surface area contributed by atoms with Gasteiger partial charge in [-0.2, -0.15) is 0 Å². The zero-order valence-corrected chi connectivity index (χ0v) is 26.4. The largest absolute Gasteiger partial charge is 0.370 e. The van der Waals surface area contributed by atoms with E-state index in [4.69, 9.17) is 5.73 Å². The molecule has 1 amide bonds. The summed E-state index contributed by atoms with van der Waals surface area (Å²) in [5, 5.41) is 11.8. The predicted octanol–water partition coefficient (Wildman–Crippen LogP) is 4.56. The molecular formula is C37H46N6O2. The first-order valence-corrected chi connectivity index (χ1v) is 15.7. The minimum atomic E-state index is -0.346. The van der Waals surface area contributed by atoms with Crippen LogP contribution in [0, 0.1) is 0 Å². The Morgan fingerprint density at radius 1 is 0.867 bits per heavy atom. The number of aliphatic imine (C=N–C) groups is 1. The lowest BCUT2D eigenvalue weighted by Gasteiger charge is -2.28. The highest BCUT2D eigenvalue weighted by Crippen LogP contribution is 2.25. The molecule has 0 aliphatic rings. The summed E-state index contributed by atoms with van der Waals surface area (Å²) < 4.78 is 0. The van der Waals surface area contributed by atoms with Crippen molar-refractivity contribution in [1.82, 2.24) is 20.9 Å². The van der Waals surface area contributed by atoms with Gasteiger partial charge in [0.15, 0.2) is 5.96 Å².